The monoisotopic (exact) mass is 290 g/mol. The predicted octanol–water partition coefficient (Wildman–Crippen LogP) is 1.71. The number of nitrogens with zero attached hydrogens (tertiary/aromatic N) is 3. The maximum Gasteiger partial charge on any atom is 0.225 e. The molecule has 2 aliphatic rings. The molecule has 3 rings (SSSR count). The molecule has 21 heavy (non-hydrogen) atoms. The Hall–Kier alpha value is -1.20. The molecule has 5 heteroatoms. The number of hydrogen-bond donors (Lipinski definition) is 1. The van der Waals surface area contributed by atoms with Crippen LogP contribution in [0, 0.1) is 11.8 Å². The lowest BCUT2D eigenvalue weighted by Gasteiger charge is -2.32. The third-order valence-corrected chi connectivity index (χ3v) is 4.62. The summed E-state index contributed by atoms with van der Waals surface area (Å²) in [5.41, 5.74) is 0. The summed E-state index contributed by atoms with van der Waals surface area (Å²) in [4.78, 5) is 10.9. The van der Waals surface area contributed by atoms with Gasteiger partial charge >= 0.3 is 0 Å². The van der Waals surface area contributed by atoms with Gasteiger partial charge in [0, 0.05) is 38.7 Å². The number of nitrogens with one attached hydrogen (secondary N) is 1. The Morgan fingerprint density at radius 2 is 1.62 bits per heavy atom. The molecule has 0 amide bonds. The highest BCUT2D eigenvalue weighted by Gasteiger charge is 2.21. The molecule has 1 N–H and O–H groups in total. The van der Waals surface area contributed by atoms with Gasteiger partial charge < -0.3 is 15.0 Å². The van der Waals surface area contributed by atoms with E-state index in [1.165, 1.54) is 25.7 Å². The molecule has 0 unspecified atom stereocenters. The van der Waals surface area contributed by atoms with Crippen molar-refractivity contribution in [1.82, 2.24) is 15.3 Å². The van der Waals surface area contributed by atoms with Gasteiger partial charge in [-0.1, -0.05) is 0 Å². The quantitative estimate of drug-likeness (QED) is 0.894. The van der Waals surface area contributed by atoms with E-state index in [1.54, 1.807) is 0 Å². The van der Waals surface area contributed by atoms with Crippen molar-refractivity contribution < 1.29 is 4.74 Å². The third-order valence-electron chi connectivity index (χ3n) is 4.62. The SMILES string of the molecule is c1cnc(N2CCC(COCC3CCNCC3)CC2)nc1. The molecule has 0 aliphatic carbocycles. The van der Waals surface area contributed by atoms with Gasteiger partial charge in [0.2, 0.25) is 5.95 Å². The molecule has 1 aromatic rings. The van der Waals surface area contributed by atoms with Crippen LogP contribution in [-0.4, -0.2) is 49.4 Å². The van der Waals surface area contributed by atoms with Crippen molar-refractivity contribution in [3.8, 4) is 0 Å². The van der Waals surface area contributed by atoms with Crippen molar-refractivity contribution in [2.45, 2.75) is 25.7 Å². The average Bonchev–Trinajstić information content (AvgIpc) is 2.57. The molecule has 0 saturated carbocycles. The first-order valence-electron chi connectivity index (χ1n) is 8.22. The molecule has 0 atom stereocenters. The van der Waals surface area contributed by atoms with Crippen LogP contribution in [0.5, 0.6) is 0 Å². The Bertz CT molecular complexity index is 400. The minimum Gasteiger partial charge on any atom is -0.381 e. The fourth-order valence-electron chi connectivity index (χ4n) is 3.20. The lowest BCUT2D eigenvalue weighted by Crippen LogP contribution is -2.36. The van der Waals surface area contributed by atoms with Crippen LogP contribution in [0.1, 0.15) is 25.7 Å². The molecule has 0 radical (unpaired) electrons. The van der Waals surface area contributed by atoms with Crippen molar-refractivity contribution >= 4 is 5.95 Å². The van der Waals surface area contributed by atoms with E-state index in [2.05, 4.69) is 20.2 Å². The standard InChI is InChI=1S/C16H26N4O/c1-6-18-16(19-7-1)20-10-4-15(5-11-20)13-21-12-14-2-8-17-9-3-14/h1,6-7,14-15,17H,2-5,8-13H2. The molecule has 0 aromatic carbocycles. The van der Waals surface area contributed by atoms with Crippen LogP contribution in [0.25, 0.3) is 0 Å². The van der Waals surface area contributed by atoms with E-state index >= 15 is 0 Å². The zero-order valence-electron chi connectivity index (χ0n) is 12.7. The zero-order valence-corrected chi connectivity index (χ0v) is 12.7. The minimum absolute atomic E-state index is 0.701. The highest BCUT2D eigenvalue weighted by Crippen LogP contribution is 2.21. The largest absolute Gasteiger partial charge is 0.381 e. The molecule has 3 heterocycles. The second-order valence-electron chi connectivity index (χ2n) is 6.21. The highest BCUT2D eigenvalue weighted by molar-refractivity contribution is 5.28. The van der Waals surface area contributed by atoms with Crippen LogP contribution in [-0.2, 0) is 4.74 Å². The molecule has 1 aromatic heterocycles. The van der Waals surface area contributed by atoms with Crippen LogP contribution in [0.4, 0.5) is 5.95 Å². The van der Waals surface area contributed by atoms with Crippen molar-refractivity contribution in [2.75, 3.05) is 44.3 Å². The first-order chi connectivity index (χ1) is 10.4. The number of rotatable bonds is 5. The van der Waals surface area contributed by atoms with E-state index in [1.807, 2.05) is 18.5 Å². The maximum absolute atomic E-state index is 5.98. The Morgan fingerprint density at radius 3 is 2.29 bits per heavy atom. The fraction of sp³-hybridized carbons (Fsp3) is 0.750. The van der Waals surface area contributed by atoms with Crippen molar-refractivity contribution in [3.63, 3.8) is 0 Å². The first kappa shape index (κ1) is 14.7. The summed E-state index contributed by atoms with van der Waals surface area (Å²) >= 11 is 0. The second-order valence-corrected chi connectivity index (χ2v) is 6.21. The normalized spacial score (nSPS) is 21.6. The predicted molar refractivity (Wildman–Crippen MR) is 83.4 cm³/mol. The summed E-state index contributed by atoms with van der Waals surface area (Å²) in [6, 6.07) is 1.87. The summed E-state index contributed by atoms with van der Waals surface area (Å²) in [5, 5.41) is 3.40. The number of anilines is 1. The molecule has 0 bridgehead atoms. The van der Waals surface area contributed by atoms with Gasteiger partial charge in [-0.15, -0.1) is 0 Å². The molecule has 5 nitrogen and oxygen atoms in total. The number of ether oxygens (including phenoxy) is 1. The third kappa shape index (κ3) is 4.38. The molecule has 2 saturated heterocycles. The van der Waals surface area contributed by atoms with Gasteiger partial charge in [0.05, 0.1) is 0 Å². The molecule has 0 spiro atoms. The van der Waals surface area contributed by atoms with Gasteiger partial charge in [0.25, 0.3) is 0 Å². The van der Waals surface area contributed by atoms with Crippen LogP contribution >= 0.6 is 0 Å². The summed E-state index contributed by atoms with van der Waals surface area (Å²) in [6.45, 7) is 6.28. The molecule has 2 aliphatic heterocycles. The molecule has 2 fully saturated rings. The number of hydrogen-bond acceptors (Lipinski definition) is 5. The van der Waals surface area contributed by atoms with Crippen LogP contribution in [0.3, 0.4) is 0 Å². The Labute approximate surface area is 127 Å². The van der Waals surface area contributed by atoms with Crippen molar-refractivity contribution in [3.05, 3.63) is 18.5 Å². The van der Waals surface area contributed by atoms with Crippen molar-refractivity contribution in [1.29, 1.82) is 0 Å². The van der Waals surface area contributed by atoms with Crippen LogP contribution in [0.15, 0.2) is 18.5 Å². The van der Waals surface area contributed by atoms with E-state index in [4.69, 9.17) is 4.74 Å². The lowest BCUT2D eigenvalue weighted by molar-refractivity contribution is 0.0561. The molecule has 116 valence electrons. The van der Waals surface area contributed by atoms with Gasteiger partial charge in [0.15, 0.2) is 0 Å². The number of aromatic nitrogens is 2. The van der Waals surface area contributed by atoms with E-state index < -0.39 is 0 Å². The van der Waals surface area contributed by atoms with E-state index in [9.17, 15) is 0 Å². The van der Waals surface area contributed by atoms with E-state index in [-0.39, 0.29) is 0 Å². The summed E-state index contributed by atoms with van der Waals surface area (Å²) in [7, 11) is 0. The van der Waals surface area contributed by atoms with E-state index in [0.29, 0.717) is 5.92 Å². The summed E-state index contributed by atoms with van der Waals surface area (Å²) in [6.07, 6.45) is 8.54. The summed E-state index contributed by atoms with van der Waals surface area (Å²) < 4.78 is 5.98. The zero-order chi connectivity index (χ0) is 14.3. The Balaban J connectivity index is 1.34. The Morgan fingerprint density at radius 1 is 1.00 bits per heavy atom. The van der Waals surface area contributed by atoms with Gasteiger partial charge in [-0.3, -0.25) is 0 Å². The Kier molecular flexibility index (Phi) is 5.40. The van der Waals surface area contributed by atoms with Gasteiger partial charge in [-0.05, 0) is 56.7 Å². The second kappa shape index (κ2) is 7.71. The topological polar surface area (TPSA) is 50.3 Å². The van der Waals surface area contributed by atoms with Crippen LogP contribution < -0.4 is 10.2 Å². The number of piperidine rings is 2. The first-order valence-corrected chi connectivity index (χ1v) is 8.22. The fourth-order valence-corrected chi connectivity index (χ4v) is 3.20. The highest BCUT2D eigenvalue weighted by atomic mass is 16.5. The summed E-state index contributed by atoms with van der Waals surface area (Å²) in [5.74, 6) is 2.34. The minimum atomic E-state index is 0.701. The average molecular weight is 290 g/mol. The maximum atomic E-state index is 5.98. The van der Waals surface area contributed by atoms with Crippen LogP contribution in [0.2, 0.25) is 0 Å². The van der Waals surface area contributed by atoms with E-state index in [0.717, 1.165) is 51.3 Å². The van der Waals surface area contributed by atoms with Gasteiger partial charge in [0.1, 0.15) is 0 Å². The molecular weight excluding hydrogens is 264 g/mol. The molecular formula is C16H26N4O. The van der Waals surface area contributed by atoms with Gasteiger partial charge in [-0.2, -0.15) is 0 Å². The lowest BCUT2D eigenvalue weighted by atomic mass is 9.97. The van der Waals surface area contributed by atoms with Crippen molar-refractivity contribution in [2.24, 2.45) is 11.8 Å². The van der Waals surface area contributed by atoms with Gasteiger partial charge in [-0.25, -0.2) is 9.97 Å². The smallest absolute Gasteiger partial charge is 0.225 e.